The highest BCUT2D eigenvalue weighted by molar-refractivity contribution is 5.92. The third-order valence-corrected chi connectivity index (χ3v) is 17.3. The Morgan fingerprint density at radius 1 is 0.305 bits per heavy atom. The van der Waals surface area contributed by atoms with E-state index in [9.17, 15) is 57.5 Å². The number of nitrogens with one attached hydrogen (secondary N) is 4. The molecule has 1 rings (SSSR count). The van der Waals surface area contributed by atoms with Gasteiger partial charge in [0.25, 0.3) is 0 Å². The Morgan fingerprint density at radius 3 is 0.848 bits per heavy atom. The van der Waals surface area contributed by atoms with Gasteiger partial charge in [-0.15, -0.1) is 0 Å². The molecule has 0 aliphatic heterocycles. The van der Waals surface area contributed by atoms with Crippen LogP contribution in [0.2, 0.25) is 0 Å². The molecule has 8 amide bonds. The summed E-state index contributed by atoms with van der Waals surface area (Å²) in [6.07, 6.45) is 5.73. The van der Waals surface area contributed by atoms with Crippen LogP contribution in [-0.2, 0) is 102 Å². The molecule has 0 heterocycles. The highest BCUT2D eigenvalue weighted by Crippen LogP contribution is 2.23. The first-order chi connectivity index (χ1) is 49.5. The van der Waals surface area contributed by atoms with E-state index >= 15 is 9.59 Å². The number of benzene rings is 1. The summed E-state index contributed by atoms with van der Waals surface area (Å²) < 4.78 is 29.1. The van der Waals surface area contributed by atoms with Crippen LogP contribution in [0, 0.1) is 0 Å². The Kier molecular flexibility index (Phi) is 46.9. The third kappa shape index (κ3) is 42.5. The number of amides is 8. The highest BCUT2D eigenvalue weighted by atomic mass is 16.5. The van der Waals surface area contributed by atoms with Gasteiger partial charge in [-0.25, -0.2) is 0 Å². The van der Waals surface area contributed by atoms with E-state index in [1.165, 1.54) is 62.3 Å². The molecule has 0 saturated heterocycles. The fourth-order valence-corrected chi connectivity index (χ4v) is 11.9. The van der Waals surface area contributed by atoms with Crippen LogP contribution < -0.4 is 21.3 Å². The van der Waals surface area contributed by atoms with Gasteiger partial charge in [-0.2, -0.15) is 0 Å². The molecule has 596 valence electrons. The summed E-state index contributed by atoms with van der Waals surface area (Å²) in [6, 6.07) is 4.74. The lowest BCUT2D eigenvalue weighted by molar-refractivity contribution is -0.144. The summed E-state index contributed by atoms with van der Waals surface area (Å²) >= 11 is 0. The molecule has 0 aliphatic carbocycles. The van der Waals surface area contributed by atoms with E-state index in [1.807, 2.05) is 20.8 Å². The lowest BCUT2D eigenvalue weighted by Crippen LogP contribution is -2.55. The summed E-state index contributed by atoms with van der Waals surface area (Å²) in [5.74, 6) is -6.30. The molecule has 0 radical (unpaired) electrons. The van der Waals surface area contributed by atoms with Gasteiger partial charge in [0.1, 0.15) is 24.2 Å². The van der Waals surface area contributed by atoms with Gasteiger partial charge in [-0.05, 0) is 164 Å². The summed E-state index contributed by atoms with van der Waals surface area (Å²) in [6.45, 7) is 16.4. The molecule has 28 nitrogen and oxygen atoms in total. The zero-order valence-corrected chi connectivity index (χ0v) is 65.9. The summed E-state index contributed by atoms with van der Waals surface area (Å²) in [4.78, 5) is 196. The van der Waals surface area contributed by atoms with E-state index in [4.69, 9.17) is 28.4 Å². The highest BCUT2D eigenvalue weighted by Gasteiger charge is 2.37. The van der Waals surface area contributed by atoms with Gasteiger partial charge in [0.05, 0.1) is 42.7 Å². The van der Waals surface area contributed by atoms with Crippen molar-refractivity contribution in [3.63, 3.8) is 0 Å². The summed E-state index contributed by atoms with van der Waals surface area (Å²) in [5, 5.41) is 11.9. The Labute approximate surface area is 624 Å². The SMILES string of the molecule is COC(=O)CCCCCN(C(=O)CCCCCN(C(=O)CCCC(=O)N(CCCCCC(=O)OC)C(CCCC(=O)OC)C(=O)NC(C)(C)C)C(Cc1ccccc1)C(=O)NCCC(=O)N(CCCCCC(=O)OC)C(CCCC(=O)OC)C(=O)NC(C)(C)C)C(CCCC(=O)OC)C(=O)NC(C)(C)C. The number of carbonyl (C=O) groups is 14. The predicted molar refractivity (Wildman–Crippen MR) is 395 cm³/mol. The molecule has 105 heavy (non-hydrogen) atoms. The fraction of sp³-hybridized carbons (Fsp3) is 0.740. The summed E-state index contributed by atoms with van der Waals surface area (Å²) in [5.41, 5.74) is -1.41. The molecule has 0 saturated carbocycles. The minimum atomic E-state index is -1.22. The zero-order chi connectivity index (χ0) is 79.1. The molecule has 1 aromatic carbocycles. The van der Waals surface area contributed by atoms with Crippen molar-refractivity contribution < 1.29 is 95.5 Å². The molecule has 4 atom stereocenters. The van der Waals surface area contributed by atoms with Gasteiger partial charge in [0.2, 0.25) is 47.3 Å². The maximum Gasteiger partial charge on any atom is 0.305 e. The number of hydrogen-bond donors (Lipinski definition) is 4. The van der Waals surface area contributed by atoms with E-state index < -0.39 is 112 Å². The largest absolute Gasteiger partial charge is 0.469 e. The maximum absolute atomic E-state index is 15.3. The monoisotopic (exact) mass is 1480 g/mol. The number of esters is 6. The Bertz CT molecular complexity index is 2870. The summed E-state index contributed by atoms with van der Waals surface area (Å²) in [7, 11) is 7.68. The van der Waals surface area contributed by atoms with Gasteiger partial charge >= 0.3 is 35.8 Å². The van der Waals surface area contributed by atoms with Gasteiger partial charge < -0.3 is 69.3 Å². The van der Waals surface area contributed by atoms with Crippen LogP contribution in [0.1, 0.15) is 254 Å². The molecule has 0 aliphatic rings. The number of methoxy groups -OCH3 is 6. The second-order valence-corrected chi connectivity index (χ2v) is 29.6. The molecule has 0 spiro atoms. The first kappa shape index (κ1) is 94.8. The van der Waals surface area contributed by atoms with Crippen molar-refractivity contribution in [2.24, 2.45) is 0 Å². The predicted octanol–water partition coefficient (Wildman–Crippen LogP) is 8.23. The van der Waals surface area contributed by atoms with Crippen molar-refractivity contribution in [1.29, 1.82) is 0 Å². The molecular formula is C77H128N8O20. The van der Waals surface area contributed by atoms with Crippen molar-refractivity contribution >= 4 is 83.1 Å². The fourth-order valence-electron chi connectivity index (χ4n) is 11.9. The topological polar surface area (TPSA) is 355 Å². The molecule has 28 heteroatoms. The molecule has 4 unspecified atom stereocenters. The Morgan fingerprint density at radius 2 is 0.562 bits per heavy atom. The molecule has 4 N–H and O–H groups in total. The van der Waals surface area contributed by atoms with Crippen LogP contribution in [0.25, 0.3) is 0 Å². The lowest BCUT2D eigenvalue weighted by atomic mass is 10.0. The zero-order valence-electron chi connectivity index (χ0n) is 65.9. The Balaban J connectivity index is 4.05. The smallest absolute Gasteiger partial charge is 0.305 e. The quantitative estimate of drug-likeness (QED) is 0.0271. The maximum atomic E-state index is 15.3. The number of carbonyl (C=O) groups excluding carboxylic acids is 14. The van der Waals surface area contributed by atoms with Crippen molar-refractivity contribution in [3.8, 4) is 0 Å². The van der Waals surface area contributed by atoms with Gasteiger partial charge in [0.15, 0.2) is 0 Å². The average molecular weight is 1490 g/mol. The van der Waals surface area contributed by atoms with E-state index in [1.54, 1.807) is 71.9 Å². The van der Waals surface area contributed by atoms with Gasteiger partial charge in [0, 0.05) is 120 Å². The van der Waals surface area contributed by atoms with Crippen molar-refractivity contribution in [1.82, 2.24) is 40.9 Å². The number of nitrogens with zero attached hydrogens (tertiary/aromatic N) is 4. The number of unbranched alkanes of at least 4 members (excludes halogenated alkanes) is 8. The second kappa shape index (κ2) is 51.9. The normalized spacial score (nSPS) is 12.5. The standard InChI is InChI=1S/C77H128N8O20/c1-75(2,3)79-72(97)57(37-31-46-68(93)103-13)82(51-28-18-24-43-65(90)100-10)61(86)40-23-17-27-54-85(63(88)42-34-41-62(87)83(52-29-19-25-44-66(91)101-11)58(38-32-47-69(94)104-14)73(98)80-76(4,5)6)60(55-56-35-21-16-22-36-56)71(96)78-50-49-64(89)84(53-30-20-26-45-67(92)102-12)59(39-33-48-70(95)105-15)74(99)81-77(7,8)9/h16,21-22,35-36,57-60H,17-20,23-34,37-55H2,1-15H3,(H,78,96)(H,79,97)(H,80,98)(H,81,99). The van der Waals surface area contributed by atoms with Crippen LogP contribution in [-0.4, -0.2) is 219 Å². The van der Waals surface area contributed by atoms with Crippen molar-refractivity contribution in [2.75, 3.05) is 75.4 Å². The number of ether oxygens (including phenoxy) is 6. The molecule has 0 fully saturated rings. The first-order valence-corrected chi connectivity index (χ1v) is 37.4. The van der Waals surface area contributed by atoms with E-state index in [-0.39, 0.29) is 173 Å². The van der Waals surface area contributed by atoms with E-state index in [2.05, 4.69) is 21.3 Å². The van der Waals surface area contributed by atoms with Crippen LogP contribution >= 0.6 is 0 Å². The second-order valence-electron chi connectivity index (χ2n) is 29.6. The third-order valence-electron chi connectivity index (χ3n) is 17.3. The van der Waals surface area contributed by atoms with Crippen LogP contribution in [0.5, 0.6) is 0 Å². The first-order valence-electron chi connectivity index (χ1n) is 37.4. The van der Waals surface area contributed by atoms with E-state index in [0.29, 0.717) is 69.8 Å². The average Bonchev–Trinajstić information content (AvgIpc) is 0.874. The van der Waals surface area contributed by atoms with Crippen LogP contribution in [0.4, 0.5) is 0 Å². The molecule has 0 aromatic heterocycles. The molecule has 1 aromatic rings. The minimum Gasteiger partial charge on any atom is -0.469 e. The van der Waals surface area contributed by atoms with E-state index in [0.717, 1.165) is 0 Å². The number of rotatable bonds is 53. The molecule has 0 bridgehead atoms. The van der Waals surface area contributed by atoms with Crippen LogP contribution in [0.15, 0.2) is 30.3 Å². The van der Waals surface area contributed by atoms with Crippen molar-refractivity contribution in [3.05, 3.63) is 35.9 Å². The molecular weight excluding hydrogens is 1360 g/mol. The number of hydrogen-bond acceptors (Lipinski definition) is 20. The van der Waals surface area contributed by atoms with Gasteiger partial charge in [-0.3, -0.25) is 67.1 Å². The van der Waals surface area contributed by atoms with Gasteiger partial charge in [-0.1, -0.05) is 56.0 Å². The van der Waals surface area contributed by atoms with Crippen LogP contribution in [0.3, 0.4) is 0 Å². The van der Waals surface area contributed by atoms with Crippen molar-refractivity contribution in [2.45, 2.75) is 296 Å². The lowest BCUT2D eigenvalue weighted by Gasteiger charge is -2.34. The minimum absolute atomic E-state index is 0.000791. The Hall–Kier alpha value is -8.20.